The number of hydrogen-bond acceptors (Lipinski definition) is 3. The van der Waals surface area contributed by atoms with Crippen molar-refractivity contribution in [1.29, 1.82) is 0 Å². The quantitative estimate of drug-likeness (QED) is 0.900. The molecule has 0 saturated heterocycles. The third-order valence-electron chi connectivity index (χ3n) is 1.87. The Bertz CT molecular complexity index is 615. The predicted molar refractivity (Wildman–Crippen MR) is 56.3 cm³/mol. The van der Waals surface area contributed by atoms with Gasteiger partial charge in [0.15, 0.2) is 16.6 Å². The van der Waals surface area contributed by atoms with Gasteiger partial charge in [0.05, 0.1) is 6.33 Å². The molecule has 2 aromatic rings. The van der Waals surface area contributed by atoms with Gasteiger partial charge in [-0.2, -0.15) is 0 Å². The van der Waals surface area contributed by atoms with Crippen molar-refractivity contribution < 1.29 is 13.5 Å². The number of hydrogen-bond donors (Lipinski definition) is 1. The average molecular weight is 259 g/mol. The van der Waals surface area contributed by atoms with E-state index in [1.807, 2.05) is 0 Å². The van der Waals surface area contributed by atoms with Gasteiger partial charge in [0.1, 0.15) is 5.82 Å². The monoisotopic (exact) mass is 258 g/mol. The molecule has 0 aliphatic carbocycles. The number of nitrogens with zero attached hydrogens (tertiary/aromatic N) is 1. The molecule has 0 aliphatic heterocycles. The van der Waals surface area contributed by atoms with Gasteiger partial charge in [-0.1, -0.05) is 11.6 Å². The topological polar surface area (TPSA) is 55.0 Å². The minimum atomic E-state index is -0.914. The van der Waals surface area contributed by atoms with Gasteiger partial charge in [-0.05, 0) is 12.1 Å². The summed E-state index contributed by atoms with van der Waals surface area (Å²) in [5.74, 6) is -2.17. The number of nitrogens with one attached hydrogen (secondary N) is 1. The normalized spacial score (nSPS) is 10.3. The third kappa shape index (κ3) is 2.42. The largest absolute Gasteiger partial charge is 0.434 e. The Labute approximate surface area is 98.8 Å². The average Bonchev–Trinajstić information content (AvgIpc) is 2.28. The summed E-state index contributed by atoms with van der Waals surface area (Å²) in [5.41, 5.74) is -0.612. The number of halogens is 3. The smallest absolute Gasteiger partial charge is 0.273 e. The fourth-order valence-electron chi connectivity index (χ4n) is 1.10. The Morgan fingerprint density at radius 1 is 1.35 bits per heavy atom. The summed E-state index contributed by atoms with van der Waals surface area (Å²) in [6, 6.07) is 2.74. The molecule has 0 bridgehead atoms. The molecule has 2 rings (SSSR count). The van der Waals surface area contributed by atoms with Gasteiger partial charge in [-0.3, -0.25) is 4.79 Å². The molecule has 0 aliphatic rings. The first-order chi connectivity index (χ1) is 8.08. The molecule has 0 atom stereocenters. The predicted octanol–water partition coefficient (Wildman–Crippen LogP) is 2.49. The van der Waals surface area contributed by atoms with Crippen LogP contribution < -0.4 is 10.3 Å². The lowest BCUT2D eigenvalue weighted by molar-refractivity contribution is 0.422. The van der Waals surface area contributed by atoms with Crippen molar-refractivity contribution in [3.63, 3.8) is 0 Å². The van der Waals surface area contributed by atoms with Crippen LogP contribution in [0.3, 0.4) is 0 Å². The highest BCUT2D eigenvalue weighted by Gasteiger charge is 2.11. The number of rotatable bonds is 2. The summed E-state index contributed by atoms with van der Waals surface area (Å²) < 4.78 is 30.9. The second-order valence-electron chi connectivity index (χ2n) is 3.03. The van der Waals surface area contributed by atoms with Crippen molar-refractivity contribution in [2.75, 3.05) is 0 Å². The maximum Gasteiger partial charge on any atom is 0.273 e. The molecule has 1 aromatic heterocycles. The van der Waals surface area contributed by atoms with Crippen LogP contribution in [0.15, 0.2) is 29.3 Å². The van der Waals surface area contributed by atoms with Crippen molar-refractivity contribution in [2.45, 2.75) is 0 Å². The Balaban J connectivity index is 2.38. The molecular formula is C10H5ClF2N2O2. The second-order valence-corrected chi connectivity index (χ2v) is 3.41. The molecule has 17 heavy (non-hydrogen) atoms. The highest BCUT2D eigenvalue weighted by Crippen LogP contribution is 2.26. The molecule has 0 fully saturated rings. The summed E-state index contributed by atoms with van der Waals surface area (Å²) in [6.07, 6.45) is 1.06. The van der Waals surface area contributed by atoms with Crippen LogP contribution >= 0.6 is 11.6 Å². The number of ether oxygens (including phenoxy) is 1. The molecule has 4 nitrogen and oxygen atoms in total. The van der Waals surface area contributed by atoms with Gasteiger partial charge >= 0.3 is 0 Å². The Kier molecular flexibility index (Phi) is 3.06. The van der Waals surface area contributed by atoms with E-state index in [0.717, 1.165) is 18.5 Å². The van der Waals surface area contributed by atoms with Crippen molar-refractivity contribution in [2.24, 2.45) is 0 Å². The highest BCUT2D eigenvalue weighted by atomic mass is 35.5. The molecule has 1 aromatic carbocycles. The fraction of sp³-hybridized carbons (Fsp3) is 0. The summed E-state index contributed by atoms with van der Waals surface area (Å²) in [4.78, 5) is 17.0. The first-order valence-electron chi connectivity index (χ1n) is 4.44. The van der Waals surface area contributed by atoms with Gasteiger partial charge < -0.3 is 9.72 Å². The highest BCUT2D eigenvalue weighted by molar-refractivity contribution is 6.31. The maximum atomic E-state index is 13.2. The zero-order valence-corrected chi connectivity index (χ0v) is 8.96. The number of benzene rings is 1. The molecule has 1 heterocycles. The van der Waals surface area contributed by atoms with Gasteiger partial charge in [0.25, 0.3) is 5.56 Å². The molecule has 0 spiro atoms. The van der Waals surface area contributed by atoms with E-state index >= 15 is 0 Å². The summed E-state index contributed by atoms with van der Waals surface area (Å²) in [5, 5.41) is -0.309. The van der Waals surface area contributed by atoms with E-state index in [1.54, 1.807) is 0 Å². The molecule has 0 saturated carbocycles. The zero-order valence-electron chi connectivity index (χ0n) is 8.21. The first kappa shape index (κ1) is 11.5. The van der Waals surface area contributed by atoms with Crippen LogP contribution in [0, 0.1) is 11.6 Å². The molecule has 88 valence electrons. The van der Waals surface area contributed by atoms with Crippen molar-refractivity contribution in [3.8, 4) is 11.6 Å². The lowest BCUT2D eigenvalue weighted by atomic mass is 10.3. The SMILES string of the molecule is O=c1[nH]cnc(Oc2ccc(F)cc2F)c1Cl. The number of aromatic amines is 1. The Hall–Kier alpha value is -1.95. The number of H-pyrrole nitrogens is 1. The lowest BCUT2D eigenvalue weighted by Gasteiger charge is -2.06. The minimum Gasteiger partial charge on any atom is -0.434 e. The molecule has 0 radical (unpaired) electrons. The van der Waals surface area contributed by atoms with E-state index in [4.69, 9.17) is 16.3 Å². The van der Waals surface area contributed by atoms with Gasteiger partial charge in [0.2, 0.25) is 5.88 Å². The van der Waals surface area contributed by atoms with Crippen LogP contribution in [0.5, 0.6) is 11.6 Å². The van der Waals surface area contributed by atoms with E-state index < -0.39 is 17.2 Å². The molecule has 1 N–H and O–H groups in total. The summed E-state index contributed by atoms with van der Waals surface area (Å²) in [7, 11) is 0. The van der Waals surface area contributed by atoms with Crippen molar-refractivity contribution in [1.82, 2.24) is 9.97 Å². The lowest BCUT2D eigenvalue weighted by Crippen LogP contribution is -2.08. The Morgan fingerprint density at radius 2 is 2.12 bits per heavy atom. The van der Waals surface area contributed by atoms with Gasteiger partial charge in [-0.25, -0.2) is 13.8 Å². The van der Waals surface area contributed by atoms with Gasteiger partial charge in [0, 0.05) is 6.07 Å². The van der Waals surface area contributed by atoms with Crippen LogP contribution in [0.25, 0.3) is 0 Å². The minimum absolute atomic E-state index is 0.249. The van der Waals surface area contributed by atoms with Crippen molar-refractivity contribution in [3.05, 3.63) is 51.5 Å². The van der Waals surface area contributed by atoms with E-state index in [9.17, 15) is 13.6 Å². The Morgan fingerprint density at radius 3 is 2.82 bits per heavy atom. The van der Waals surface area contributed by atoms with Crippen LogP contribution in [0.2, 0.25) is 5.02 Å². The molecule has 0 amide bonds. The van der Waals surface area contributed by atoms with Crippen molar-refractivity contribution >= 4 is 11.6 Å². The zero-order chi connectivity index (χ0) is 12.4. The second kappa shape index (κ2) is 4.50. The fourth-order valence-corrected chi connectivity index (χ4v) is 1.24. The molecule has 7 heteroatoms. The van der Waals surface area contributed by atoms with Crippen LogP contribution in [-0.4, -0.2) is 9.97 Å². The van der Waals surface area contributed by atoms with Gasteiger partial charge in [-0.15, -0.1) is 0 Å². The summed E-state index contributed by atoms with van der Waals surface area (Å²) in [6.45, 7) is 0. The van der Waals surface area contributed by atoms with Crippen LogP contribution in [0.4, 0.5) is 8.78 Å². The summed E-state index contributed by atoms with van der Waals surface area (Å²) >= 11 is 5.60. The molecular weight excluding hydrogens is 254 g/mol. The molecule has 0 unspecified atom stereocenters. The van der Waals surface area contributed by atoms with Crippen LogP contribution in [0.1, 0.15) is 0 Å². The first-order valence-corrected chi connectivity index (χ1v) is 4.82. The van der Waals surface area contributed by atoms with E-state index in [0.29, 0.717) is 6.07 Å². The van der Waals surface area contributed by atoms with E-state index in [-0.39, 0.29) is 16.7 Å². The standard InChI is InChI=1S/C10H5ClF2N2O2/c11-8-9(16)14-4-15-10(8)17-7-2-1-5(12)3-6(7)13/h1-4H,(H,14,15,16). The maximum absolute atomic E-state index is 13.2. The van der Waals surface area contributed by atoms with E-state index in [2.05, 4.69) is 9.97 Å². The third-order valence-corrected chi connectivity index (χ3v) is 2.20. The van der Waals surface area contributed by atoms with E-state index in [1.165, 1.54) is 0 Å². The number of aromatic nitrogens is 2. The van der Waals surface area contributed by atoms with Crippen LogP contribution in [-0.2, 0) is 0 Å².